The summed E-state index contributed by atoms with van der Waals surface area (Å²) in [6.07, 6.45) is 0.157. The molecule has 3 aliphatic heterocycles. The maximum absolute atomic E-state index is 12.6. The van der Waals surface area contributed by atoms with E-state index in [0.717, 1.165) is 23.4 Å². The zero-order valence-electron chi connectivity index (χ0n) is 11.4. The number of fused-ring (bicyclic) bond motifs is 1. The summed E-state index contributed by atoms with van der Waals surface area (Å²) in [5.74, 6) is -0.384. The first-order chi connectivity index (χ1) is 10.1. The van der Waals surface area contributed by atoms with Crippen LogP contribution in [-0.4, -0.2) is 46.3 Å². The van der Waals surface area contributed by atoms with E-state index >= 15 is 0 Å². The van der Waals surface area contributed by atoms with Crippen LogP contribution in [0.15, 0.2) is 23.2 Å². The van der Waals surface area contributed by atoms with Gasteiger partial charge in [-0.05, 0) is 24.5 Å². The fourth-order valence-electron chi connectivity index (χ4n) is 3.16. The van der Waals surface area contributed by atoms with Crippen molar-refractivity contribution in [1.29, 1.82) is 0 Å². The van der Waals surface area contributed by atoms with Crippen molar-refractivity contribution < 1.29 is 14.7 Å². The fourth-order valence-corrected chi connectivity index (χ4v) is 3.16. The first-order valence-electron chi connectivity index (χ1n) is 7.10. The number of carbonyl (C=O) groups is 2. The number of amides is 2. The van der Waals surface area contributed by atoms with Gasteiger partial charge < -0.3 is 15.3 Å². The van der Waals surface area contributed by atoms with Crippen LogP contribution in [0, 0.1) is 0 Å². The number of hydrogen-bond acceptors (Lipinski definition) is 4. The summed E-state index contributed by atoms with van der Waals surface area (Å²) < 4.78 is 0. The molecule has 1 saturated heterocycles. The minimum atomic E-state index is -0.801. The Morgan fingerprint density at radius 2 is 2.00 bits per heavy atom. The minimum absolute atomic E-state index is 0.107. The predicted molar refractivity (Wildman–Crippen MR) is 74.9 cm³/mol. The van der Waals surface area contributed by atoms with Crippen molar-refractivity contribution in [3.63, 3.8) is 0 Å². The number of nitrogens with zero attached hydrogens (tertiary/aromatic N) is 2. The Bertz CT molecular complexity index is 683. The molecule has 108 valence electrons. The van der Waals surface area contributed by atoms with E-state index in [9.17, 15) is 14.7 Å². The lowest BCUT2D eigenvalue weighted by molar-refractivity contribution is -0.132. The lowest BCUT2D eigenvalue weighted by atomic mass is 10.0. The molecule has 0 radical (unpaired) electrons. The normalized spacial score (nSPS) is 27.3. The molecule has 0 aromatic heterocycles. The quantitative estimate of drug-likeness (QED) is 0.805. The van der Waals surface area contributed by atoms with Crippen molar-refractivity contribution in [3.05, 3.63) is 34.9 Å². The number of benzene rings is 1. The molecular formula is C15H15N3O3. The van der Waals surface area contributed by atoms with Crippen LogP contribution in [0.3, 0.4) is 0 Å². The van der Waals surface area contributed by atoms with Crippen LogP contribution in [0.5, 0.6) is 0 Å². The molecule has 0 spiro atoms. The summed E-state index contributed by atoms with van der Waals surface area (Å²) in [7, 11) is 0. The van der Waals surface area contributed by atoms with Crippen molar-refractivity contribution in [2.45, 2.75) is 31.7 Å². The van der Waals surface area contributed by atoms with E-state index in [-0.39, 0.29) is 11.8 Å². The van der Waals surface area contributed by atoms with Gasteiger partial charge in [0.25, 0.3) is 5.91 Å². The van der Waals surface area contributed by atoms with Crippen LogP contribution in [0.1, 0.15) is 34.3 Å². The number of aliphatic imine (C=N–C) groups is 1. The first-order valence-corrected chi connectivity index (χ1v) is 7.10. The molecule has 3 aliphatic rings. The summed E-state index contributed by atoms with van der Waals surface area (Å²) in [6, 6.07) is 5.15. The Morgan fingerprint density at radius 3 is 2.71 bits per heavy atom. The summed E-state index contributed by atoms with van der Waals surface area (Å²) >= 11 is 0. The van der Waals surface area contributed by atoms with E-state index in [1.165, 1.54) is 0 Å². The molecule has 2 atom stereocenters. The number of rotatable bonds is 2. The van der Waals surface area contributed by atoms with Crippen LogP contribution in [-0.2, 0) is 11.3 Å². The molecule has 2 N–H and O–H groups in total. The molecule has 1 aromatic carbocycles. The molecule has 6 heteroatoms. The highest BCUT2D eigenvalue weighted by Gasteiger charge is 2.40. The molecule has 4 rings (SSSR count). The van der Waals surface area contributed by atoms with Crippen molar-refractivity contribution >= 4 is 17.5 Å². The number of aliphatic hydroxyl groups is 1. The number of nitrogens with one attached hydrogen (secondary N) is 1. The van der Waals surface area contributed by atoms with Crippen LogP contribution in [0.2, 0.25) is 0 Å². The summed E-state index contributed by atoms with van der Waals surface area (Å²) in [4.78, 5) is 30.4. The van der Waals surface area contributed by atoms with Crippen LogP contribution >= 0.6 is 0 Å². The maximum atomic E-state index is 12.6. The van der Waals surface area contributed by atoms with Gasteiger partial charge >= 0.3 is 0 Å². The average molecular weight is 285 g/mol. The molecule has 2 amide bonds. The number of carbonyl (C=O) groups excluding carboxylic acids is 2. The maximum Gasteiger partial charge on any atom is 0.255 e. The lowest BCUT2D eigenvalue weighted by Crippen LogP contribution is -2.54. The summed E-state index contributed by atoms with van der Waals surface area (Å²) in [6.45, 7) is 1.18. The highest BCUT2D eigenvalue weighted by Crippen LogP contribution is 2.31. The fraction of sp³-hybridized carbons (Fsp3) is 0.400. The Hall–Kier alpha value is -2.21. The smallest absolute Gasteiger partial charge is 0.255 e. The SMILES string of the molecule is O=C1NC(O)CCC1N1Cc2c(cccc2C2=NC2)C1=O. The zero-order valence-corrected chi connectivity index (χ0v) is 11.4. The molecule has 0 bridgehead atoms. The summed E-state index contributed by atoms with van der Waals surface area (Å²) in [5.41, 5.74) is 3.70. The van der Waals surface area contributed by atoms with E-state index in [2.05, 4.69) is 10.3 Å². The zero-order chi connectivity index (χ0) is 14.6. The molecule has 0 saturated carbocycles. The molecule has 3 heterocycles. The van der Waals surface area contributed by atoms with Crippen molar-refractivity contribution in [2.75, 3.05) is 6.54 Å². The standard InChI is InChI=1S/C15H15N3O3/c19-13-5-4-12(14(20)17-13)18-7-10-8(11-6-16-11)2-1-3-9(10)15(18)21/h1-3,12-13,19H,4-7H2,(H,17,20). The average Bonchev–Trinajstić information content (AvgIpc) is 3.24. The van der Waals surface area contributed by atoms with Gasteiger partial charge in [-0.1, -0.05) is 12.1 Å². The molecule has 1 aromatic rings. The number of piperidine rings is 1. The van der Waals surface area contributed by atoms with Gasteiger partial charge in [0.05, 0.1) is 12.3 Å². The Balaban J connectivity index is 1.65. The molecule has 21 heavy (non-hydrogen) atoms. The molecule has 1 fully saturated rings. The predicted octanol–water partition coefficient (Wildman–Crippen LogP) is 0.0421. The van der Waals surface area contributed by atoms with Crippen LogP contribution in [0.4, 0.5) is 0 Å². The second-order valence-corrected chi connectivity index (χ2v) is 5.65. The van der Waals surface area contributed by atoms with Crippen LogP contribution in [0.25, 0.3) is 0 Å². The summed E-state index contributed by atoms with van der Waals surface area (Å²) in [5, 5.41) is 12.0. The van der Waals surface area contributed by atoms with Gasteiger partial charge in [0.2, 0.25) is 5.91 Å². The van der Waals surface area contributed by atoms with Gasteiger partial charge in [-0.2, -0.15) is 0 Å². The van der Waals surface area contributed by atoms with E-state index in [4.69, 9.17) is 0 Å². The molecule has 2 unspecified atom stereocenters. The Labute approximate surface area is 121 Å². The minimum Gasteiger partial charge on any atom is -0.374 e. The third-order valence-corrected chi connectivity index (χ3v) is 4.32. The molecule has 6 nitrogen and oxygen atoms in total. The first kappa shape index (κ1) is 12.5. The Kier molecular flexibility index (Phi) is 2.62. The third-order valence-electron chi connectivity index (χ3n) is 4.32. The molecular weight excluding hydrogens is 270 g/mol. The largest absolute Gasteiger partial charge is 0.374 e. The highest BCUT2D eigenvalue weighted by molar-refractivity contribution is 6.14. The second kappa shape index (κ2) is 4.39. The van der Waals surface area contributed by atoms with Gasteiger partial charge in [0, 0.05) is 17.7 Å². The van der Waals surface area contributed by atoms with Crippen molar-refractivity contribution in [1.82, 2.24) is 10.2 Å². The van der Waals surface area contributed by atoms with E-state index in [0.29, 0.717) is 24.9 Å². The topological polar surface area (TPSA) is 82.0 Å². The van der Waals surface area contributed by atoms with E-state index < -0.39 is 12.3 Å². The van der Waals surface area contributed by atoms with E-state index in [1.807, 2.05) is 12.1 Å². The lowest BCUT2D eigenvalue weighted by Gasteiger charge is -2.32. The molecule has 0 aliphatic carbocycles. The number of hydrogen-bond donors (Lipinski definition) is 2. The van der Waals surface area contributed by atoms with Gasteiger partial charge in [0.1, 0.15) is 12.3 Å². The highest BCUT2D eigenvalue weighted by atomic mass is 16.3. The van der Waals surface area contributed by atoms with Gasteiger partial charge in [-0.3, -0.25) is 14.6 Å². The van der Waals surface area contributed by atoms with Crippen molar-refractivity contribution in [2.24, 2.45) is 4.99 Å². The second-order valence-electron chi connectivity index (χ2n) is 5.65. The third kappa shape index (κ3) is 1.94. The van der Waals surface area contributed by atoms with Gasteiger partial charge in [-0.25, -0.2) is 0 Å². The van der Waals surface area contributed by atoms with Crippen LogP contribution < -0.4 is 5.32 Å². The monoisotopic (exact) mass is 285 g/mol. The van der Waals surface area contributed by atoms with Gasteiger partial charge in [0.15, 0.2) is 0 Å². The number of aliphatic hydroxyl groups excluding tert-OH is 1. The van der Waals surface area contributed by atoms with Crippen molar-refractivity contribution in [3.8, 4) is 0 Å². The van der Waals surface area contributed by atoms with Gasteiger partial charge in [-0.15, -0.1) is 0 Å². The van der Waals surface area contributed by atoms with E-state index in [1.54, 1.807) is 11.0 Å². The Morgan fingerprint density at radius 1 is 1.24 bits per heavy atom.